The van der Waals surface area contributed by atoms with Crippen LogP contribution in [0.15, 0.2) is 18.2 Å². The number of hydrogen-bond donors (Lipinski definition) is 0. The molecule has 0 fully saturated rings. The van der Waals surface area contributed by atoms with Crippen LogP contribution in [-0.4, -0.2) is 18.5 Å². The summed E-state index contributed by atoms with van der Waals surface area (Å²) < 4.78 is 88.2. The second kappa shape index (κ2) is 7.17. The molecule has 1 amide bonds. The Kier molecular flexibility index (Phi) is 5.05. The predicted molar refractivity (Wildman–Crippen MR) is 83.4 cm³/mol. The zero-order valence-corrected chi connectivity index (χ0v) is 14.2. The first-order chi connectivity index (χ1) is 13.2. The van der Waals surface area contributed by atoms with Crippen LogP contribution in [0.5, 0.6) is 0 Å². The summed E-state index contributed by atoms with van der Waals surface area (Å²) in [6.07, 6.45) is -0.757. The predicted octanol–water partition coefficient (Wildman–Crippen LogP) is 4.18. The molecule has 0 radical (unpaired) electrons. The van der Waals surface area contributed by atoms with Crippen LogP contribution in [-0.2, 0) is 9.53 Å². The van der Waals surface area contributed by atoms with Crippen molar-refractivity contribution in [3.8, 4) is 0 Å². The van der Waals surface area contributed by atoms with Gasteiger partial charge in [0.15, 0.2) is 23.3 Å². The maximum Gasteiger partial charge on any atom is 0.308 e. The van der Waals surface area contributed by atoms with Gasteiger partial charge in [-0.05, 0) is 19.1 Å². The van der Waals surface area contributed by atoms with Crippen molar-refractivity contribution in [2.75, 3.05) is 11.5 Å². The molecule has 3 rings (SSSR count). The first kappa shape index (κ1) is 19.7. The minimum atomic E-state index is -2.41. The fraction of sp³-hybridized carbons (Fsp3) is 0.222. The van der Waals surface area contributed by atoms with Crippen molar-refractivity contribution in [1.82, 2.24) is 0 Å². The van der Waals surface area contributed by atoms with Crippen LogP contribution < -0.4 is 4.90 Å². The lowest BCUT2D eigenvalue weighted by molar-refractivity contribution is -0.143. The summed E-state index contributed by atoms with van der Waals surface area (Å²) in [6.45, 7) is 1.39. The molecule has 4 nitrogen and oxygen atoms in total. The Hall–Kier alpha value is -3.04. The lowest BCUT2D eigenvalue weighted by Crippen LogP contribution is -2.32. The van der Waals surface area contributed by atoms with Crippen LogP contribution in [0, 0.1) is 34.9 Å². The second-order valence-corrected chi connectivity index (χ2v) is 5.82. The molecule has 0 N–H and O–H groups in total. The first-order valence-electron chi connectivity index (χ1n) is 7.99. The molecule has 0 aliphatic carbocycles. The molecular weight excluding hydrogens is 392 g/mol. The molecule has 2 aromatic rings. The van der Waals surface area contributed by atoms with Crippen molar-refractivity contribution in [2.45, 2.75) is 19.4 Å². The van der Waals surface area contributed by atoms with E-state index in [9.17, 15) is 35.9 Å². The first-order valence-corrected chi connectivity index (χ1v) is 7.99. The van der Waals surface area contributed by atoms with Gasteiger partial charge in [-0.2, -0.15) is 0 Å². The van der Waals surface area contributed by atoms with Gasteiger partial charge in [0.25, 0.3) is 5.91 Å². The largest absolute Gasteiger partial charge is 0.466 e. The number of fused-ring (bicyclic) bond motifs is 1. The molecule has 0 saturated heterocycles. The summed E-state index contributed by atoms with van der Waals surface area (Å²) >= 11 is 0. The number of esters is 1. The van der Waals surface area contributed by atoms with Crippen molar-refractivity contribution in [3.05, 3.63) is 64.2 Å². The number of carbonyl (C=O) groups is 2. The van der Waals surface area contributed by atoms with E-state index < -0.39 is 70.5 Å². The summed E-state index contributed by atoms with van der Waals surface area (Å²) in [5.74, 6) is -14.6. The van der Waals surface area contributed by atoms with Gasteiger partial charge in [-0.25, -0.2) is 26.3 Å². The molecule has 2 aromatic carbocycles. The zero-order chi connectivity index (χ0) is 20.7. The van der Waals surface area contributed by atoms with E-state index >= 15 is 0 Å². The fourth-order valence-electron chi connectivity index (χ4n) is 3.10. The quantitative estimate of drug-likeness (QED) is 0.333. The van der Waals surface area contributed by atoms with E-state index in [1.54, 1.807) is 0 Å². The zero-order valence-electron chi connectivity index (χ0n) is 14.2. The highest BCUT2D eigenvalue weighted by Gasteiger charge is 2.45. The molecule has 0 saturated carbocycles. The molecule has 1 aliphatic rings. The topological polar surface area (TPSA) is 46.6 Å². The monoisotopic (exact) mass is 403 g/mol. The van der Waals surface area contributed by atoms with E-state index in [4.69, 9.17) is 4.74 Å². The van der Waals surface area contributed by atoms with Gasteiger partial charge in [-0.1, -0.05) is 6.07 Å². The van der Waals surface area contributed by atoms with Gasteiger partial charge in [-0.3, -0.25) is 14.5 Å². The smallest absolute Gasteiger partial charge is 0.308 e. The van der Waals surface area contributed by atoms with Gasteiger partial charge in [0.1, 0.15) is 11.5 Å². The molecule has 10 heteroatoms. The second-order valence-electron chi connectivity index (χ2n) is 5.82. The Balaban J connectivity index is 2.24. The van der Waals surface area contributed by atoms with E-state index in [1.807, 2.05) is 0 Å². The summed E-state index contributed by atoms with van der Waals surface area (Å²) in [7, 11) is 0. The van der Waals surface area contributed by atoms with Gasteiger partial charge < -0.3 is 4.74 Å². The van der Waals surface area contributed by atoms with Gasteiger partial charge in [0, 0.05) is 11.1 Å². The van der Waals surface area contributed by atoms with E-state index in [1.165, 1.54) is 6.92 Å². The molecule has 28 heavy (non-hydrogen) atoms. The van der Waals surface area contributed by atoms with E-state index in [2.05, 4.69) is 0 Å². The highest BCUT2D eigenvalue weighted by molar-refractivity contribution is 6.11. The van der Waals surface area contributed by atoms with Crippen molar-refractivity contribution < 1.29 is 40.7 Å². The Morgan fingerprint density at radius 1 is 1.00 bits per heavy atom. The van der Waals surface area contributed by atoms with Crippen molar-refractivity contribution in [2.24, 2.45) is 0 Å². The van der Waals surface area contributed by atoms with Gasteiger partial charge in [0.2, 0.25) is 5.82 Å². The average molecular weight is 403 g/mol. The van der Waals surface area contributed by atoms with Crippen LogP contribution in [0.4, 0.5) is 32.0 Å². The molecule has 0 aromatic heterocycles. The molecule has 1 atom stereocenters. The molecule has 0 spiro atoms. The summed E-state index contributed by atoms with van der Waals surface area (Å²) in [5.41, 5.74) is -2.32. The maximum absolute atomic E-state index is 14.3. The van der Waals surface area contributed by atoms with E-state index in [0.29, 0.717) is 0 Å². The summed E-state index contributed by atoms with van der Waals surface area (Å²) in [6, 6.07) is 1.53. The lowest BCUT2D eigenvalue weighted by Gasteiger charge is -2.26. The number of amides is 1. The third-order valence-electron chi connectivity index (χ3n) is 4.24. The minimum absolute atomic E-state index is 0.0772. The van der Waals surface area contributed by atoms with Gasteiger partial charge in [0.05, 0.1) is 19.1 Å². The standard InChI is InChI=1S/C18H11F6NO3/c1-2-28-10(26)6-9-11-7(4-3-5-8(11)19)18(27)25(9)17-15(23)13(21)12(20)14(22)16(17)24/h3-5,9H,2,6H2,1H3/t9-/m1/s1. The third-order valence-corrected chi connectivity index (χ3v) is 4.24. The number of benzene rings is 2. The Morgan fingerprint density at radius 2 is 1.57 bits per heavy atom. The normalized spacial score (nSPS) is 15.8. The van der Waals surface area contributed by atoms with E-state index in [-0.39, 0.29) is 17.1 Å². The maximum atomic E-state index is 14.3. The van der Waals surface area contributed by atoms with Crippen LogP contribution in [0.1, 0.15) is 35.3 Å². The molecule has 148 valence electrons. The highest BCUT2D eigenvalue weighted by atomic mass is 19.2. The Labute approximate surface area is 154 Å². The minimum Gasteiger partial charge on any atom is -0.466 e. The van der Waals surface area contributed by atoms with Crippen LogP contribution in [0.2, 0.25) is 0 Å². The number of ether oxygens (including phenoxy) is 1. The van der Waals surface area contributed by atoms with E-state index in [0.717, 1.165) is 18.2 Å². The number of nitrogens with zero attached hydrogens (tertiary/aromatic N) is 1. The lowest BCUT2D eigenvalue weighted by atomic mass is 10.0. The SMILES string of the molecule is CCOC(=O)C[C@@H]1c2c(F)cccc2C(=O)N1c1c(F)c(F)c(F)c(F)c1F. The molecule has 1 aliphatic heterocycles. The average Bonchev–Trinajstić information content (AvgIpc) is 2.92. The van der Waals surface area contributed by atoms with Crippen LogP contribution in [0.25, 0.3) is 0 Å². The Morgan fingerprint density at radius 3 is 2.14 bits per heavy atom. The molecular formula is C18H11F6NO3. The van der Waals surface area contributed by atoms with Crippen LogP contribution in [0.3, 0.4) is 0 Å². The number of rotatable bonds is 4. The van der Waals surface area contributed by atoms with Gasteiger partial charge >= 0.3 is 5.97 Å². The highest BCUT2D eigenvalue weighted by Crippen LogP contribution is 2.44. The third kappa shape index (κ3) is 2.88. The summed E-state index contributed by atoms with van der Waals surface area (Å²) in [4.78, 5) is 24.7. The van der Waals surface area contributed by atoms with Crippen molar-refractivity contribution >= 4 is 17.6 Å². The molecule has 0 unspecified atom stereocenters. The number of anilines is 1. The summed E-state index contributed by atoms with van der Waals surface area (Å²) in [5, 5.41) is 0. The van der Waals surface area contributed by atoms with Gasteiger partial charge in [-0.15, -0.1) is 0 Å². The fourth-order valence-corrected chi connectivity index (χ4v) is 3.10. The number of carbonyl (C=O) groups excluding carboxylic acids is 2. The molecule has 1 heterocycles. The molecule has 0 bridgehead atoms. The Bertz CT molecular complexity index is 965. The van der Waals surface area contributed by atoms with Crippen molar-refractivity contribution in [1.29, 1.82) is 0 Å². The van der Waals surface area contributed by atoms with Crippen LogP contribution >= 0.6 is 0 Å². The number of halogens is 6. The van der Waals surface area contributed by atoms with Crippen molar-refractivity contribution in [3.63, 3.8) is 0 Å². The number of hydrogen-bond acceptors (Lipinski definition) is 3.